The Morgan fingerprint density at radius 1 is 1.28 bits per heavy atom. The zero-order valence-electron chi connectivity index (χ0n) is 10.2. The summed E-state index contributed by atoms with van der Waals surface area (Å²) < 4.78 is 13.9. The van der Waals surface area contributed by atoms with E-state index in [2.05, 4.69) is 15.3 Å². The Labute approximate surface area is 105 Å². The highest BCUT2D eigenvalue weighted by Crippen LogP contribution is 2.39. The summed E-state index contributed by atoms with van der Waals surface area (Å²) in [6.07, 6.45) is 3.33. The van der Waals surface area contributed by atoms with Gasteiger partial charge in [0.1, 0.15) is 18.0 Å². The van der Waals surface area contributed by atoms with Crippen LogP contribution in [-0.2, 0) is 6.42 Å². The highest BCUT2D eigenvalue weighted by Gasteiger charge is 2.29. The van der Waals surface area contributed by atoms with Crippen molar-refractivity contribution in [3.05, 3.63) is 53.2 Å². The van der Waals surface area contributed by atoms with Gasteiger partial charge in [-0.05, 0) is 24.5 Å². The number of nitrogens with one attached hydrogen (secondary N) is 1. The summed E-state index contributed by atoms with van der Waals surface area (Å²) in [4.78, 5) is 8.55. The van der Waals surface area contributed by atoms with Crippen LogP contribution >= 0.6 is 0 Å². The summed E-state index contributed by atoms with van der Waals surface area (Å²) in [6, 6.07) is 6.94. The first-order valence-corrected chi connectivity index (χ1v) is 6.07. The lowest BCUT2D eigenvalue weighted by atomic mass is 9.96. The maximum absolute atomic E-state index is 13.9. The second kappa shape index (κ2) is 4.37. The first-order valence-electron chi connectivity index (χ1n) is 6.07. The number of rotatable bonds is 2. The van der Waals surface area contributed by atoms with Crippen LogP contribution in [0, 0.1) is 5.82 Å². The number of hydrogen-bond donors (Lipinski definition) is 1. The molecule has 92 valence electrons. The molecule has 1 aromatic carbocycles. The zero-order chi connectivity index (χ0) is 12.5. The normalized spacial score (nSPS) is 17.6. The van der Waals surface area contributed by atoms with Crippen molar-refractivity contribution >= 4 is 5.82 Å². The Balaban J connectivity index is 2.08. The Morgan fingerprint density at radius 2 is 2.11 bits per heavy atom. The second-order valence-corrected chi connectivity index (χ2v) is 4.45. The highest BCUT2D eigenvalue weighted by molar-refractivity contribution is 5.51. The molecule has 0 saturated carbocycles. The van der Waals surface area contributed by atoms with Gasteiger partial charge in [0, 0.05) is 18.5 Å². The molecule has 0 fully saturated rings. The molecule has 2 aromatic rings. The largest absolute Gasteiger partial charge is 0.373 e. The fourth-order valence-electron chi connectivity index (χ4n) is 2.67. The lowest BCUT2D eigenvalue weighted by Crippen LogP contribution is -2.04. The lowest BCUT2D eigenvalue weighted by molar-refractivity contribution is 0.592. The molecule has 1 N–H and O–H groups in total. The third-order valence-electron chi connectivity index (χ3n) is 3.51. The Morgan fingerprint density at radius 3 is 2.89 bits per heavy atom. The van der Waals surface area contributed by atoms with E-state index in [0.717, 1.165) is 35.5 Å². The maximum Gasteiger partial charge on any atom is 0.132 e. The maximum atomic E-state index is 13.9. The number of hydrogen-bond acceptors (Lipinski definition) is 3. The lowest BCUT2D eigenvalue weighted by Gasteiger charge is -2.12. The molecule has 1 aliphatic carbocycles. The van der Waals surface area contributed by atoms with Crippen LogP contribution in [0.15, 0.2) is 30.6 Å². The first-order chi connectivity index (χ1) is 8.81. The molecule has 18 heavy (non-hydrogen) atoms. The van der Waals surface area contributed by atoms with E-state index in [0.29, 0.717) is 0 Å². The molecule has 0 amide bonds. The zero-order valence-corrected chi connectivity index (χ0v) is 10.2. The van der Waals surface area contributed by atoms with Crippen molar-refractivity contribution in [3.8, 4) is 0 Å². The molecule has 1 heterocycles. The van der Waals surface area contributed by atoms with Crippen LogP contribution in [0.25, 0.3) is 0 Å². The Hall–Kier alpha value is -1.97. The molecule has 4 heteroatoms. The molecule has 1 unspecified atom stereocenters. The molecule has 0 spiro atoms. The van der Waals surface area contributed by atoms with Crippen molar-refractivity contribution in [3.63, 3.8) is 0 Å². The summed E-state index contributed by atoms with van der Waals surface area (Å²) in [6.45, 7) is 0. The summed E-state index contributed by atoms with van der Waals surface area (Å²) in [5.41, 5.74) is 2.81. The number of fused-ring (bicyclic) bond motifs is 1. The molecule has 1 aromatic heterocycles. The monoisotopic (exact) mass is 243 g/mol. The minimum atomic E-state index is -0.153. The number of aromatic nitrogens is 2. The predicted molar refractivity (Wildman–Crippen MR) is 68.1 cm³/mol. The standard InChI is InChI=1S/C14H14FN3/c1-16-14-11-7-6-10(13(11)17-8-18-14)9-4-2-3-5-12(9)15/h2-5,8,10H,6-7H2,1H3,(H,16,17,18). The number of halogens is 1. The van der Waals surface area contributed by atoms with E-state index in [1.807, 2.05) is 19.2 Å². The third-order valence-corrected chi connectivity index (χ3v) is 3.51. The van der Waals surface area contributed by atoms with Crippen LogP contribution in [0.1, 0.15) is 29.2 Å². The predicted octanol–water partition coefficient (Wildman–Crippen LogP) is 2.74. The fraction of sp³-hybridized carbons (Fsp3) is 0.286. The number of anilines is 1. The van der Waals surface area contributed by atoms with Crippen LogP contribution in [0.2, 0.25) is 0 Å². The van der Waals surface area contributed by atoms with Gasteiger partial charge in [0.25, 0.3) is 0 Å². The van der Waals surface area contributed by atoms with Gasteiger partial charge in [-0.3, -0.25) is 0 Å². The smallest absolute Gasteiger partial charge is 0.132 e. The SMILES string of the molecule is CNc1ncnc2c1CCC2c1ccccc1F. The minimum Gasteiger partial charge on any atom is -0.373 e. The van der Waals surface area contributed by atoms with Gasteiger partial charge in [-0.25, -0.2) is 14.4 Å². The van der Waals surface area contributed by atoms with E-state index in [1.165, 1.54) is 6.07 Å². The van der Waals surface area contributed by atoms with Crippen molar-refractivity contribution < 1.29 is 4.39 Å². The molecule has 0 aliphatic heterocycles. The quantitative estimate of drug-likeness (QED) is 0.881. The molecular weight excluding hydrogens is 229 g/mol. The van der Waals surface area contributed by atoms with E-state index < -0.39 is 0 Å². The average Bonchev–Trinajstić information content (AvgIpc) is 2.83. The van der Waals surface area contributed by atoms with Gasteiger partial charge in [-0.1, -0.05) is 18.2 Å². The van der Waals surface area contributed by atoms with Crippen molar-refractivity contribution in [1.29, 1.82) is 0 Å². The van der Waals surface area contributed by atoms with Crippen LogP contribution in [-0.4, -0.2) is 17.0 Å². The second-order valence-electron chi connectivity index (χ2n) is 4.45. The first kappa shape index (κ1) is 11.1. The highest BCUT2D eigenvalue weighted by atomic mass is 19.1. The van der Waals surface area contributed by atoms with Gasteiger partial charge in [0.05, 0.1) is 5.69 Å². The number of nitrogens with zero attached hydrogens (tertiary/aromatic N) is 2. The van der Waals surface area contributed by atoms with Gasteiger partial charge >= 0.3 is 0 Å². The van der Waals surface area contributed by atoms with Gasteiger partial charge < -0.3 is 5.32 Å². The van der Waals surface area contributed by atoms with Crippen LogP contribution in [0.5, 0.6) is 0 Å². The fourth-order valence-corrected chi connectivity index (χ4v) is 2.67. The van der Waals surface area contributed by atoms with Gasteiger partial charge in [-0.2, -0.15) is 0 Å². The Kier molecular flexibility index (Phi) is 2.70. The van der Waals surface area contributed by atoms with E-state index in [-0.39, 0.29) is 11.7 Å². The molecule has 3 nitrogen and oxygen atoms in total. The van der Waals surface area contributed by atoms with Crippen LogP contribution < -0.4 is 5.32 Å². The van der Waals surface area contributed by atoms with Crippen LogP contribution in [0.4, 0.5) is 10.2 Å². The molecule has 3 rings (SSSR count). The molecule has 1 aliphatic rings. The van der Waals surface area contributed by atoms with Gasteiger partial charge in [-0.15, -0.1) is 0 Å². The van der Waals surface area contributed by atoms with E-state index in [9.17, 15) is 4.39 Å². The molecule has 0 radical (unpaired) electrons. The summed E-state index contributed by atoms with van der Waals surface area (Å²) >= 11 is 0. The van der Waals surface area contributed by atoms with Gasteiger partial charge in [0.2, 0.25) is 0 Å². The van der Waals surface area contributed by atoms with Crippen molar-refractivity contribution in [2.75, 3.05) is 12.4 Å². The van der Waals surface area contributed by atoms with Crippen LogP contribution in [0.3, 0.4) is 0 Å². The van der Waals surface area contributed by atoms with Crippen molar-refractivity contribution in [2.45, 2.75) is 18.8 Å². The van der Waals surface area contributed by atoms with Gasteiger partial charge in [0.15, 0.2) is 0 Å². The minimum absolute atomic E-state index is 0.0521. The Bertz CT molecular complexity index is 583. The van der Waals surface area contributed by atoms with E-state index in [1.54, 1.807) is 12.4 Å². The summed E-state index contributed by atoms with van der Waals surface area (Å²) in [5.74, 6) is 0.759. The number of benzene rings is 1. The summed E-state index contributed by atoms with van der Waals surface area (Å²) in [5, 5.41) is 3.07. The van der Waals surface area contributed by atoms with E-state index >= 15 is 0 Å². The molecule has 1 atom stereocenters. The van der Waals surface area contributed by atoms with E-state index in [4.69, 9.17) is 0 Å². The summed E-state index contributed by atoms with van der Waals surface area (Å²) in [7, 11) is 1.85. The molecule has 0 saturated heterocycles. The molecular formula is C14H14FN3. The van der Waals surface area contributed by atoms with Crippen molar-refractivity contribution in [1.82, 2.24) is 9.97 Å². The average molecular weight is 243 g/mol. The molecule has 0 bridgehead atoms. The topological polar surface area (TPSA) is 37.8 Å². The van der Waals surface area contributed by atoms with Crippen molar-refractivity contribution in [2.24, 2.45) is 0 Å². The third kappa shape index (κ3) is 1.65.